The highest BCUT2D eigenvalue weighted by Gasteiger charge is 2.39. The Balaban J connectivity index is 1.38. The van der Waals surface area contributed by atoms with Crippen molar-refractivity contribution in [3.63, 3.8) is 0 Å². The van der Waals surface area contributed by atoms with Crippen molar-refractivity contribution in [3.05, 3.63) is 42.0 Å². The second kappa shape index (κ2) is 6.82. The van der Waals surface area contributed by atoms with Crippen LogP contribution in [0.4, 0.5) is 4.39 Å². The number of likely N-dealkylation sites (tertiary alicyclic amines) is 1. The number of nitrogens with zero attached hydrogens (tertiary/aromatic N) is 3. The van der Waals surface area contributed by atoms with Crippen LogP contribution in [0.15, 0.2) is 30.3 Å². The van der Waals surface area contributed by atoms with Crippen LogP contribution in [-0.4, -0.2) is 52.4 Å². The number of H-pyrrole nitrogens is 1. The van der Waals surface area contributed by atoms with Gasteiger partial charge in [0.05, 0.1) is 6.67 Å². The first-order valence-electron chi connectivity index (χ1n) is 8.68. The van der Waals surface area contributed by atoms with Gasteiger partial charge in [0.25, 0.3) is 5.91 Å². The molecule has 1 amide bonds. The number of amides is 1. The SMILES string of the molecule is O=C(COc1ccccc1)N1CC(CF)C(c2nc(C3CC3)n[nH]2)C1. The van der Waals surface area contributed by atoms with Gasteiger partial charge in [-0.15, -0.1) is 0 Å². The number of carbonyl (C=O) groups excluding carboxylic acids is 1. The molecule has 2 unspecified atom stereocenters. The van der Waals surface area contributed by atoms with E-state index in [1.54, 1.807) is 17.0 Å². The number of para-hydroxylation sites is 1. The number of aromatic nitrogens is 3. The van der Waals surface area contributed by atoms with E-state index in [1.807, 2.05) is 18.2 Å². The van der Waals surface area contributed by atoms with Crippen molar-refractivity contribution in [1.82, 2.24) is 20.1 Å². The number of benzene rings is 1. The van der Waals surface area contributed by atoms with E-state index in [0.717, 1.165) is 18.7 Å². The van der Waals surface area contributed by atoms with Crippen molar-refractivity contribution in [2.24, 2.45) is 5.92 Å². The fourth-order valence-corrected chi connectivity index (χ4v) is 3.27. The van der Waals surface area contributed by atoms with E-state index in [4.69, 9.17) is 4.74 Å². The molecule has 1 aromatic carbocycles. The van der Waals surface area contributed by atoms with Crippen LogP contribution in [0.3, 0.4) is 0 Å². The van der Waals surface area contributed by atoms with Crippen LogP contribution in [0.1, 0.15) is 36.3 Å². The molecule has 1 saturated heterocycles. The quantitative estimate of drug-likeness (QED) is 0.873. The third-order valence-electron chi connectivity index (χ3n) is 4.91. The van der Waals surface area contributed by atoms with Gasteiger partial charge in [0.1, 0.15) is 11.6 Å². The summed E-state index contributed by atoms with van der Waals surface area (Å²) in [6.07, 6.45) is 2.24. The maximum absolute atomic E-state index is 13.5. The van der Waals surface area contributed by atoms with Gasteiger partial charge in [0.15, 0.2) is 12.4 Å². The zero-order valence-corrected chi connectivity index (χ0v) is 13.9. The Labute approximate surface area is 145 Å². The Morgan fingerprint density at radius 1 is 1.28 bits per heavy atom. The Morgan fingerprint density at radius 3 is 2.80 bits per heavy atom. The van der Waals surface area contributed by atoms with Crippen LogP contribution in [0.5, 0.6) is 5.75 Å². The monoisotopic (exact) mass is 344 g/mol. The number of carbonyl (C=O) groups is 1. The maximum atomic E-state index is 13.5. The lowest BCUT2D eigenvalue weighted by Gasteiger charge is -2.16. The van der Waals surface area contributed by atoms with Crippen LogP contribution >= 0.6 is 0 Å². The van der Waals surface area contributed by atoms with Gasteiger partial charge >= 0.3 is 0 Å². The fraction of sp³-hybridized carbons (Fsp3) is 0.500. The van der Waals surface area contributed by atoms with Gasteiger partial charge in [-0.05, 0) is 25.0 Å². The molecule has 2 aliphatic rings. The summed E-state index contributed by atoms with van der Waals surface area (Å²) in [4.78, 5) is 18.6. The van der Waals surface area contributed by atoms with Crippen molar-refractivity contribution in [2.75, 3.05) is 26.4 Å². The summed E-state index contributed by atoms with van der Waals surface area (Å²) in [7, 11) is 0. The highest BCUT2D eigenvalue weighted by molar-refractivity contribution is 5.78. The van der Waals surface area contributed by atoms with Crippen molar-refractivity contribution in [1.29, 1.82) is 0 Å². The molecule has 0 spiro atoms. The van der Waals surface area contributed by atoms with E-state index < -0.39 is 6.67 Å². The van der Waals surface area contributed by atoms with Crippen molar-refractivity contribution in [2.45, 2.75) is 24.7 Å². The fourth-order valence-electron chi connectivity index (χ4n) is 3.27. The van der Waals surface area contributed by atoms with E-state index in [1.165, 1.54) is 0 Å². The van der Waals surface area contributed by atoms with Gasteiger partial charge in [-0.25, -0.2) is 4.98 Å². The van der Waals surface area contributed by atoms with E-state index >= 15 is 0 Å². The Bertz CT molecular complexity index is 732. The molecule has 4 rings (SSSR count). The summed E-state index contributed by atoms with van der Waals surface area (Å²) in [5.41, 5.74) is 0. The molecule has 7 heteroatoms. The lowest BCUT2D eigenvalue weighted by molar-refractivity contribution is -0.132. The molecule has 1 aliphatic carbocycles. The van der Waals surface area contributed by atoms with Gasteiger partial charge in [0, 0.05) is 30.8 Å². The average molecular weight is 344 g/mol. The molecule has 6 nitrogen and oxygen atoms in total. The van der Waals surface area contributed by atoms with Crippen LogP contribution < -0.4 is 4.74 Å². The highest BCUT2D eigenvalue weighted by atomic mass is 19.1. The van der Waals surface area contributed by atoms with E-state index in [9.17, 15) is 9.18 Å². The molecule has 1 saturated carbocycles. The normalized spacial score (nSPS) is 23.0. The van der Waals surface area contributed by atoms with Gasteiger partial charge in [-0.3, -0.25) is 14.3 Å². The lowest BCUT2D eigenvalue weighted by Crippen LogP contribution is -2.33. The second-order valence-corrected chi connectivity index (χ2v) is 6.77. The largest absolute Gasteiger partial charge is 0.484 e. The molecule has 1 aromatic heterocycles. The lowest BCUT2D eigenvalue weighted by atomic mass is 9.97. The molecule has 25 heavy (non-hydrogen) atoms. The topological polar surface area (TPSA) is 71.1 Å². The predicted molar refractivity (Wildman–Crippen MR) is 89.1 cm³/mol. The Kier molecular flexibility index (Phi) is 4.38. The third kappa shape index (κ3) is 3.50. The first kappa shape index (κ1) is 16.1. The van der Waals surface area contributed by atoms with E-state index in [-0.39, 0.29) is 24.3 Å². The number of hydrogen-bond acceptors (Lipinski definition) is 4. The van der Waals surface area contributed by atoms with Gasteiger partial charge in [0.2, 0.25) is 0 Å². The smallest absolute Gasteiger partial charge is 0.260 e. The first-order valence-corrected chi connectivity index (χ1v) is 8.68. The summed E-state index contributed by atoms with van der Waals surface area (Å²) in [6, 6.07) is 9.20. The number of nitrogens with one attached hydrogen (secondary N) is 1. The molecule has 2 fully saturated rings. The average Bonchev–Trinajstić information content (AvgIpc) is 3.22. The summed E-state index contributed by atoms with van der Waals surface area (Å²) in [5, 5.41) is 7.20. The Hall–Kier alpha value is -2.44. The van der Waals surface area contributed by atoms with Gasteiger partial charge in [-0.2, -0.15) is 5.10 Å². The molecule has 0 bridgehead atoms. The standard InChI is InChI=1S/C18H21FN4O2/c19-8-13-9-23(16(24)11-25-14-4-2-1-3-5-14)10-15(13)18-20-17(21-22-18)12-6-7-12/h1-5,12-13,15H,6-11H2,(H,20,21,22). The molecule has 2 aromatic rings. The van der Waals surface area contributed by atoms with E-state index in [0.29, 0.717) is 30.6 Å². The first-order chi connectivity index (χ1) is 12.2. The third-order valence-corrected chi connectivity index (χ3v) is 4.91. The minimum Gasteiger partial charge on any atom is -0.484 e. The summed E-state index contributed by atoms with van der Waals surface area (Å²) in [5.74, 6) is 2.11. The number of aromatic amines is 1. The molecule has 1 aliphatic heterocycles. The second-order valence-electron chi connectivity index (χ2n) is 6.77. The van der Waals surface area contributed by atoms with Gasteiger partial charge < -0.3 is 9.64 Å². The van der Waals surface area contributed by atoms with Crippen molar-refractivity contribution in [3.8, 4) is 5.75 Å². The van der Waals surface area contributed by atoms with Crippen molar-refractivity contribution >= 4 is 5.91 Å². The minimum absolute atomic E-state index is 0.0422. The van der Waals surface area contributed by atoms with Crippen LogP contribution in [0.2, 0.25) is 0 Å². The molecular formula is C18H21FN4O2. The molecule has 2 heterocycles. The predicted octanol–water partition coefficient (Wildman–Crippen LogP) is 2.27. The maximum Gasteiger partial charge on any atom is 0.260 e. The van der Waals surface area contributed by atoms with Crippen molar-refractivity contribution < 1.29 is 13.9 Å². The highest BCUT2D eigenvalue weighted by Crippen LogP contribution is 2.39. The Morgan fingerprint density at radius 2 is 2.08 bits per heavy atom. The molecule has 1 N–H and O–H groups in total. The minimum atomic E-state index is -0.479. The zero-order valence-electron chi connectivity index (χ0n) is 13.9. The van der Waals surface area contributed by atoms with Gasteiger partial charge in [-0.1, -0.05) is 18.2 Å². The zero-order chi connectivity index (χ0) is 17.2. The summed E-state index contributed by atoms with van der Waals surface area (Å²) >= 11 is 0. The molecule has 132 valence electrons. The van der Waals surface area contributed by atoms with Crippen LogP contribution in [-0.2, 0) is 4.79 Å². The number of halogens is 1. The number of hydrogen-bond donors (Lipinski definition) is 1. The molecule has 2 atom stereocenters. The van der Waals surface area contributed by atoms with E-state index in [2.05, 4.69) is 15.2 Å². The van der Waals surface area contributed by atoms with Crippen LogP contribution in [0.25, 0.3) is 0 Å². The number of rotatable bonds is 6. The molecule has 0 radical (unpaired) electrons. The number of alkyl halides is 1. The summed E-state index contributed by atoms with van der Waals surface area (Å²) < 4.78 is 19.0. The summed E-state index contributed by atoms with van der Waals surface area (Å²) in [6.45, 7) is 0.315. The molecular weight excluding hydrogens is 323 g/mol. The van der Waals surface area contributed by atoms with Crippen LogP contribution in [0, 0.1) is 5.92 Å². The number of ether oxygens (including phenoxy) is 1.